The Morgan fingerprint density at radius 2 is 2.30 bits per heavy atom. The van der Waals surface area contributed by atoms with Gasteiger partial charge in [-0.05, 0) is 17.9 Å². The first-order valence-electron chi connectivity index (χ1n) is 2.91. The Bertz CT molecular complexity index is 242. The third-order valence-electron chi connectivity index (χ3n) is 1.30. The highest BCUT2D eigenvalue weighted by Gasteiger charge is 2.03. The molecule has 0 radical (unpaired) electrons. The van der Waals surface area contributed by atoms with Gasteiger partial charge in [0.05, 0.1) is 7.11 Å². The van der Waals surface area contributed by atoms with Gasteiger partial charge in [0.15, 0.2) is 0 Å². The van der Waals surface area contributed by atoms with Gasteiger partial charge in [-0.25, -0.2) is 0 Å². The van der Waals surface area contributed by atoms with E-state index in [9.17, 15) is 0 Å². The van der Waals surface area contributed by atoms with Crippen molar-refractivity contribution in [2.45, 2.75) is 6.92 Å². The summed E-state index contributed by atoms with van der Waals surface area (Å²) >= 11 is 1.59. The van der Waals surface area contributed by atoms with Gasteiger partial charge in [-0.15, -0.1) is 0 Å². The van der Waals surface area contributed by atoms with Crippen LogP contribution < -0.4 is 0 Å². The third kappa shape index (κ3) is 1.19. The van der Waals surface area contributed by atoms with Crippen molar-refractivity contribution >= 4 is 17.2 Å². The molecule has 1 N–H and O–H groups in total. The molecular weight excluding hydrogens is 146 g/mol. The summed E-state index contributed by atoms with van der Waals surface area (Å²) in [5.41, 5.74) is 2.00. The molecule has 0 atom stereocenters. The molecule has 1 aromatic rings. The molecule has 0 aliphatic rings. The Kier molecular flexibility index (Phi) is 2.06. The van der Waals surface area contributed by atoms with E-state index in [0.29, 0.717) is 0 Å². The van der Waals surface area contributed by atoms with Gasteiger partial charge in [0.2, 0.25) is 5.90 Å². The van der Waals surface area contributed by atoms with Crippen LogP contribution in [-0.4, -0.2) is 13.0 Å². The van der Waals surface area contributed by atoms with Gasteiger partial charge in [-0.2, -0.15) is 11.3 Å². The highest BCUT2D eigenvalue weighted by molar-refractivity contribution is 7.08. The lowest BCUT2D eigenvalue weighted by Gasteiger charge is -1.98. The van der Waals surface area contributed by atoms with E-state index in [1.807, 2.05) is 17.7 Å². The van der Waals surface area contributed by atoms with Crippen molar-refractivity contribution < 1.29 is 4.74 Å². The maximum absolute atomic E-state index is 7.32. The van der Waals surface area contributed by atoms with E-state index >= 15 is 0 Å². The van der Waals surface area contributed by atoms with Crippen molar-refractivity contribution in [3.05, 3.63) is 21.9 Å². The maximum atomic E-state index is 7.32. The van der Waals surface area contributed by atoms with Crippen LogP contribution in [0.15, 0.2) is 10.8 Å². The summed E-state index contributed by atoms with van der Waals surface area (Å²) in [5, 5.41) is 11.2. The highest BCUT2D eigenvalue weighted by Crippen LogP contribution is 2.13. The number of ether oxygens (including phenoxy) is 1. The van der Waals surface area contributed by atoms with E-state index in [0.717, 1.165) is 11.1 Å². The number of aryl methyl sites for hydroxylation is 1. The van der Waals surface area contributed by atoms with Gasteiger partial charge in [-0.1, -0.05) is 0 Å². The number of methoxy groups -OCH3 is 1. The minimum atomic E-state index is 0.249. The average Bonchev–Trinajstić information content (AvgIpc) is 2.34. The minimum Gasteiger partial charge on any atom is -0.481 e. The first-order valence-corrected chi connectivity index (χ1v) is 3.85. The molecule has 3 heteroatoms. The molecule has 1 rings (SSSR count). The lowest BCUT2D eigenvalue weighted by atomic mass is 10.2. The number of nitrogens with one attached hydrogen (secondary N) is 1. The molecule has 10 heavy (non-hydrogen) atoms. The van der Waals surface area contributed by atoms with Crippen LogP contribution in [0.5, 0.6) is 0 Å². The summed E-state index contributed by atoms with van der Waals surface area (Å²) in [5.74, 6) is 0.249. The lowest BCUT2D eigenvalue weighted by Crippen LogP contribution is -2.00. The van der Waals surface area contributed by atoms with Crippen LogP contribution in [0.25, 0.3) is 0 Å². The molecule has 0 saturated heterocycles. The first kappa shape index (κ1) is 7.28. The molecule has 0 bridgehead atoms. The van der Waals surface area contributed by atoms with E-state index in [-0.39, 0.29) is 5.90 Å². The monoisotopic (exact) mass is 155 g/mol. The fourth-order valence-electron chi connectivity index (χ4n) is 0.703. The molecule has 0 fully saturated rings. The second-order valence-corrected chi connectivity index (χ2v) is 2.75. The predicted octanol–water partition coefficient (Wildman–Crippen LogP) is 2.03. The van der Waals surface area contributed by atoms with Gasteiger partial charge >= 0.3 is 0 Å². The fraction of sp³-hybridized carbons (Fsp3) is 0.286. The number of hydrogen-bond donors (Lipinski definition) is 1. The van der Waals surface area contributed by atoms with E-state index in [2.05, 4.69) is 0 Å². The zero-order chi connectivity index (χ0) is 7.56. The zero-order valence-electron chi connectivity index (χ0n) is 5.97. The molecule has 54 valence electrons. The van der Waals surface area contributed by atoms with E-state index in [1.165, 1.54) is 7.11 Å². The Balaban J connectivity index is 2.93. The summed E-state index contributed by atoms with van der Waals surface area (Å²) in [6.45, 7) is 1.97. The van der Waals surface area contributed by atoms with Crippen molar-refractivity contribution in [2.75, 3.05) is 7.11 Å². The molecular formula is C7H9NOS. The average molecular weight is 155 g/mol. The summed E-state index contributed by atoms with van der Waals surface area (Å²) in [6.07, 6.45) is 0. The van der Waals surface area contributed by atoms with Gasteiger partial charge in [0.1, 0.15) is 0 Å². The number of thiophene rings is 1. The lowest BCUT2D eigenvalue weighted by molar-refractivity contribution is 0.401. The number of hydrogen-bond acceptors (Lipinski definition) is 3. The van der Waals surface area contributed by atoms with E-state index in [1.54, 1.807) is 11.3 Å². The molecule has 0 unspecified atom stereocenters. The summed E-state index contributed by atoms with van der Waals surface area (Å²) in [4.78, 5) is 0. The van der Waals surface area contributed by atoms with Gasteiger partial charge in [0.25, 0.3) is 0 Å². The van der Waals surface area contributed by atoms with Gasteiger partial charge < -0.3 is 4.74 Å². The Labute approximate surface area is 64.0 Å². The standard InChI is InChI=1S/C7H9NOS/c1-5-3-10-4-6(5)7(8)9-2/h3-4,8H,1-2H3. The van der Waals surface area contributed by atoms with Gasteiger partial charge in [0, 0.05) is 10.9 Å². The molecule has 0 aliphatic heterocycles. The van der Waals surface area contributed by atoms with Crippen molar-refractivity contribution in [1.82, 2.24) is 0 Å². The molecule has 0 spiro atoms. The normalized spacial score (nSPS) is 9.40. The number of rotatable bonds is 1. The molecule has 0 aromatic carbocycles. The second-order valence-electron chi connectivity index (χ2n) is 2.00. The van der Waals surface area contributed by atoms with Crippen LogP contribution >= 0.6 is 11.3 Å². The topological polar surface area (TPSA) is 33.1 Å². The Morgan fingerprint density at radius 1 is 1.60 bits per heavy atom. The smallest absolute Gasteiger partial charge is 0.214 e. The molecule has 0 aliphatic carbocycles. The molecule has 0 amide bonds. The SMILES string of the molecule is COC(=N)c1cscc1C. The second kappa shape index (κ2) is 2.84. The van der Waals surface area contributed by atoms with Crippen LogP contribution in [0.3, 0.4) is 0 Å². The third-order valence-corrected chi connectivity index (χ3v) is 2.17. The maximum Gasteiger partial charge on any atom is 0.214 e. The van der Waals surface area contributed by atoms with Crippen LogP contribution in [-0.2, 0) is 4.74 Å². The van der Waals surface area contributed by atoms with Crippen molar-refractivity contribution in [1.29, 1.82) is 5.41 Å². The van der Waals surface area contributed by atoms with E-state index in [4.69, 9.17) is 10.1 Å². The zero-order valence-corrected chi connectivity index (χ0v) is 6.79. The van der Waals surface area contributed by atoms with Crippen LogP contribution in [0, 0.1) is 12.3 Å². The molecule has 1 heterocycles. The Hall–Kier alpha value is -0.830. The van der Waals surface area contributed by atoms with Crippen LogP contribution in [0.2, 0.25) is 0 Å². The van der Waals surface area contributed by atoms with Crippen molar-refractivity contribution in [3.8, 4) is 0 Å². The first-order chi connectivity index (χ1) is 4.75. The van der Waals surface area contributed by atoms with Gasteiger partial charge in [-0.3, -0.25) is 5.41 Å². The van der Waals surface area contributed by atoms with E-state index < -0.39 is 0 Å². The molecule has 2 nitrogen and oxygen atoms in total. The summed E-state index contributed by atoms with van der Waals surface area (Å²) in [6, 6.07) is 0. The van der Waals surface area contributed by atoms with Crippen LogP contribution in [0.1, 0.15) is 11.1 Å². The summed E-state index contributed by atoms with van der Waals surface area (Å²) < 4.78 is 4.77. The quantitative estimate of drug-likeness (QED) is 0.488. The van der Waals surface area contributed by atoms with Crippen molar-refractivity contribution in [3.63, 3.8) is 0 Å². The van der Waals surface area contributed by atoms with Crippen molar-refractivity contribution in [2.24, 2.45) is 0 Å². The van der Waals surface area contributed by atoms with Crippen LogP contribution in [0.4, 0.5) is 0 Å². The largest absolute Gasteiger partial charge is 0.481 e. The predicted molar refractivity (Wildman–Crippen MR) is 42.9 cm³/mol. The summed E-state index contributed by atoms with van der Waals surface area (Å²) in [7, 11) is 1.51. The highest BCUT2D eigenvalue weighted by atomic mass is 32.1. The minimum absolute atomic E-state index is 0.249. The fourth-order valence-corrected chi connectivity index (χ4v) is 1.53. The molecule has 1 aromatic heterocycles. The Morgan fingerprint density at radius 3 is 2.70 bits per heavy atom. The molecule has 0 saturated carbocycles.